The fourth-order valence-electron chi connectivity index (χ4n) is 1.09. The number of carbonyl (C=O) groups is 1. The minimum atomic E-state index is -4.53. The SMILES string of the molecule is CCOC(=O)[C@H](Br)c1cccc(C(F)(F)F)n1. The molecule has 17 heavy (non-hydrogen) atoms. The third kappa shape index (κ3) is 3.69. The molecule has 0 radical (unpaired) electrons. The van der Waals surface area contributed by atoms with E-state index in [2.05, 4.69) is 25.7 Å². The van der Waals surface area contributed by atoms with Crippen molar-refractivity contribution in [2.24, 2.45) is 0 Å². The molecule has 7 heteroatoms. The average molecular weight is 312 g/mol. The number of ether oxygens (including phenoxy) is 1. The molecule has 1 aromatic heterocycles. The van der Waals surface area contributed by atoms with Gasteiger partial charge in [0.1, 0.15) is 5.69 Å². The van der Waals surface area contributed by atoms with Gasteiger partial charge in [-0.2, -0.15) is 13.2 Å². The fraction of sp³-hybridized carbons (Fsp3) is 0.400. The molecule has 0 bridgehead atoms. The van der Waals surface area contributed by atoms with E-state index in [9.17, 15) is 18.0 Å². The van der Waals surface area contributed by atoms with Crippen LogP contribution in [0.5, 0.6) is 0 Å². The molecule has 1 atom stereocenters. The van der Waals surface area contributed by atoms with E-state index < -0.39 is 22.7 Å². The molecule has 0 saturated carbocycles. The van der Waals surface area contributed by atoms with E-state index in [1.807, 2.05) is 0 Å². The van der Waals surface area contributed by atoms with E-state index in [1.165, 1.54) is 12.1 Å². The molecule has 0 aliphatic carbocycles. The van der Waals surface area contributed by atoms with Crippen LogP contribution in [0.1, 0.15) is 23.1 Å². The van der Waals surface area contributed by atoms with E-state index in [-0.39, 0.29) is 12.3 Å². The fourth-order valence-corrected chi connectivity index (χ4v) is 1.47. The van der Waals surface area contributed by atoms with Crippen LogP contribution in [0.4, 0.5) is 13.2 Å². The normalized spacial score (nSPS) is 13.2. The predicted molar refractivity (Wildman–Crippen MR) is 57.5 cm³/mol. The largest absolute Gasteiger partial charge is 0.465 e. The first kappa shape index (κ1) is 14.0. The Bertz CT molecular complexity index is 409. The van der Waals surface area contributed by atoms with E-state index in [0.717, 1.165) is 6.07 Å². The van der Waals surface area contributed by atoms with Crippen LogP contribution < -0.4 is 0 Å². The Kier molecular flexibility index (Phi) is 4.50. The van der Waals surface area contributed by atoms with Crippen LogP contribution in [0.25, 0.3) is 0 Å². The van der Waals surface area contributed by atoms with Crippen molar-refractivity contribution in [2.75, 3.05) is 6.61 Å². The highest BCUT2D eigenvalue weighted by Crippen LogP contribution is 2.30. The van der Waals surface area contributed by atoms with Crippen LogP contribution in [0, 0.1) is 0 Å². The Hall–Kier alpha value is -1.11. The molecule has 1 aromatic rings. The van der Waals surface area contributed by atoms with Crippen molar-refractivity contribution < 1.29 is 22.7 Å². The summed E-state index contributed by atoms with van der Waals surface area (Å²) in [5.74, 6) is -0.667. The van der Waals surface area contributed by atoms with Gasteiger partial charge in [-0.3, -0.25) is 4.79 Å². The van der Waals surface area contributed by atoms with Crippen molar-refractivity contribution in [2.45, 2.75) is 17.9 Å². The highest BCUT2D eigenvalue weighted by Gasteiger charge is 2.33. The average Bonchev–Trinajstić information content (AvgIpc) is 2.27. The summed E-state index contributed by atoms with van der Waals surface area (Å²) >= 11 is 2.95. The summed E-state index contributed by atoms with van der Waals surface area (Å²) in [5, 5.41) is 0. The van der Waals surface area contributed by atoms with Gasteiger partial charge >= 0.3 is 12.1 Å². The standard InChI is InChI=1S/C10H9BrF3NO2/c1-2-17-9(16)8(11)6-4-3-5-7(15-6)10(12,13)14/h3-5,8H,2H2,1H3/t8-/m1/s1. The predicted octanol–water partition coefficient (Wildman–Crippen LogP) is 3.10. The second-order valence-electron chi connectivity index (χ2n) is 3.06. The van der Waals surface area contributed by atoms with Gasteiger partial charge in [0, 0.05) is 0 Å². The van der Waals surface area contributed by atoms with Crippen molar-refractivity contribution in [3.8, 4) is 0 Å². The Morgan fingerprint density at radius 1 is 1.53 bits per heavy atom. The molecule has 3 nitrogen and oxygen atoms in total. The summed E-state index contributed by atoms with van der Waals surface area (Å²) in [6, 6.07) is 3.36. The first-order valence-electron chi connectivity index (χ1n) is 4.71. The zero-order valence-electron chi connectivity index (χ0n) is 8.79. The van der Waals surface area contributed by atoms with E-state index in [4.69, 9.17) is 0 Å². The molecule has 0 aromatic carbocycles. The van der Waals surface area contributed by atoms with Gasteiger partial charge in [0.25, 0.3) is 0 Å². The van der Waals surface area contributed by atoms with Crippen molar-refractivity contribution in [3.63, 3.8) is 0 Å². The van der Waals surface area contributed by atoms with Crippen LogP contribution in [-0.2, 0) is 15.7 Å². The zero-order valence-corrected chi connectivity index (χ0v) is 10.4. The van der Waals surface area contributed by atoms with Crippen LogP contribution in [-0.4, -0.2) is 17.6 Å². The lowest BCUT2D eigenvalue weighted by atomic mass is 10.2. The summed E-state index contributed by atoms with van der Waals surface area (Å²) in [6.45, 7) is 1.76. The molecule has 1 heterocycles. The van der Waals surface area contributed by atoms with Crippen LogP contribution in [0.3, 0.4) is 0 Å². The number of alkyl halides is 4. The van der Waals surface area contributed by atoms with E-state index in [0.29, 0.717) is 0 Å². The minimum absolute atomic E-state index is 0.0294. The molecule has 1 rings (SSSR count). The number of aromatic nitrogens is 1. The van der Waals surface area contributed by atoms with Crippen molar-refractivity contribution in [3.05, 3.63) is 29.6 Å². The molecular weight excluding hydrogens is 303 g/mol. The molecule has 0 aliphatic rings. The van der Waals surface area contributed by atoms with Gasteiger partial charge in [-0.15, -0.1) is 0 Å². The van der Waals surface area contributed by atoms with E-state index >= 15 is 0 Å². The lowest BCUT2D eigenvalue weighted by Gasteiger charge is -2.11. The van der Waals surface area contributed by atoms with Crippen LogP contribution in [0.2, 0.25) is 0 Å². The summed E-state index contributed by atoms with van der Waals surface area (Å²) in [4.78, 5) is 13.7. The third-order valence-corrected chi connectivity index (χ3v) is 2.66. The summed E-state index contributed by atoms with van der Waals surface area (Å²) in [5.41, 5.74) is -1.07. The topological polar surface area (TPSA) is 39.2 Å². The highest BCUT2D eigenvalue weighted by molar-refractivity contribution is 9.09. The number of pyridine rings is 1. The number of carbonyl (C=O) groups excluding carboxylic acids is 1. The number of halogens is 4. The second-order valence-corrected chi connectivity index (χ2v) is 3.98. The van der Waals surface area contributed by atoms with Gasteiger partial charge in [-0.1, -0.05) is 22.0 Å². The summed E-state index contributed by atoms with van der Waals surface area (Å²) < 4.78 is 41.8. The smallest absolute Gasteiger partial charge is 0.433 e. The Balaban J connectivity index is 2.96. The lowest BCUT2D eigenvalue weighted by molar-refractivity contribution is -0.144. The first-order chi connectivity index (χ1) is 7.86. The molecule has 0 aliphatic heterocycles. The van der Waals surface area contributed by atoms with Gasteiger partial charge in [0.05, 0.1) is 12.3 Å². The summed E-state index contributed by atoms with van der Waals surface area (Å²) in [7, 11) is 0. The molecule has 0 amide bonds. The molecule has 0 unspecified atom stereocenters. The third-order valence-electron chi connectivity index (χ3n) is 1.81. The summed E-state index contributed by atoms with van der Waals surface area (Å²) in [6.07, 6.45) is -4.53. The van der Waals surface area contributed by atoms with E-state index in [1.54, 1.807) is 6.92 Å². The molecule has 0 spiro atoms. The van der Waals surface area contributed by atoms with Gasteiger partial charge < -0.3 is 4.74 Å². The maximum absolute atomic E-state index is 12.4. The number of esters is 1. The van der Waals surface area contributed by atoms with Crippen molar-refractivity contribution in [1.29, 1.82) is 0 Å². The molecule has 0 saturated heterocycles. The number of rotatable bonds is 3. The minimum Gasteiger partial charge on any atom is -0.465 e. The van der Waals surface area contributed by atoms with Gasteiger partial charge in [-0.25, -0.2) is 4.98 Å². The number of nitrogens with zero attached hydrogens (tertiary/aromatic N) is 1. The maximum Gasteiger partial charge on any atom is 0.433 e. The maximum atomic E-state index is 12.4. The molecule has 0 N–H and O–H groups in total. The van der Waals surface area contributed by atoms with Gasteiger partial charge in [0.15, 0.2) is 4.83 Å². The Morgan fingerprint density at radius 3 is 2.71 bits per heavy atom. The quantitative estimate of drug-likeness (QED) is 0.636. The highest BCUT2D eigenvalue weighted by atomic mass is 79.9. The zero-order chi connectivity index (χ0) is 13.1. The lowest BCUT2D eigenvalue weighted by Crippen LogP contribution is -2.15. The van der Waals surface area contributed by atoms with Crippen molar-refractivity contribution in [1.82, 2.24) is 4.98 Å². The Morgan fingerprint density at radius 2 is 2.18 bits per heavy atom. The van der Waals surface area contributed by atoms with Gasteiger partial charge in [0.2, 0.25) is 0 Å². The molecule has 94 valence electrons. The van der Waals surface area contributed by atoms with Crippen LogP contribution >= 0.6 is 15.9 Å². The van der Waals surface area contributed by atoms with Crippen LogP contribution in [0.15, 0.2) is 18.2 Å². The van der Waals surface area contributed by atoms with Crippen molar-refractivity contribution >= 4 is 21.9 Å². The second kappa shape index (κ2) is 5.48. The molecule has 0 fully saturated rings. The van der Waals surface area contributed by atoms with Gasteiger partial charge in [-0.05, 0) is 19.1 Å². The first-order valence-corrected chi connectivity index (χ1v) is 5.62. The monoisotopic (exact) mass is 311 g/mol. The molecular formula is C10H9BrF3NO2. The Labute approximate surface area is 104 Å². The number of hydrogen-bond acceptors (Lipinski definition) is 3. The number of hydrogen-bond donors (Lipinski definition) is 0.